The molecule has 2 rings (SSSR count). The van der Waals surface area contributed by atoms with Crippen molar-refractivity contribution in [3.05, 3.63) is 42.1 Å². The molecule has 1 aromatic heterocycles. The normalized spacial score (nSPS) is 11.2. The molecule has 0 bridgehead atoms. The molecule has 0 saturated carbocycles. The van der Waals surface area contributed by atoms with Gasteiger partial charge >= 0.3 is 0 Å². The molecule has 2 aromatic rings. The minimum Gasteiger partial charge on any atom is -0.256 e. The lowest BCUT2D eigenvalue weighted by Gasteiger charge is -2.06. The van der Waals surface area contributed by atoms with Crippen molar-refractivity contribution in [2.45, 2.75) is 96.8 Å². The van der Waals surface area contributed by atoms with Crippen molar-refractivity contribution >= 4 is 10.9 Å². The average Bonchev–Trinajstić information content (AvgIpc) is 2.65. The molecule has 1 heterocycles. The van der Waals surface area contributed by atoms with Crippen LogP contribution in [-0.4, -0.2) is 4.98 Å². The first kappa shape index (κ1) is 19.9. The van der Waals surface area contributed by atoms with E-state index in [9.17, 15) is 0 Å². The molecule has 0 atom stereocenters. The van der Waals surface area contributed by atoms with Gasteiger partial charge in [0.05, 0.1) is 5.52 Å². The van der Waals surface area contributed by atoms with Gasteiger partial charge in [-0.25, -0.2) is 0 Å². The summed E-state index contributed by atoms with van der Waals surface area (Å²) in [5.41, 5.74) is 2.60. The largest absolute Gasteiger partial charge is 0.256 e. The molecule has 0 N–H and O–H groups in total. The van der Waals surface area contributed by atoms with Crippen molar-refractivity contribution in [2.24, 2.45) is 0 Å². The third-order valence-corrected chi connectivity index (χ3v) is 5.29. The van der Waals surface area contributed by atoms with Crippen molar-refractivity contribution in [3.63, 3.8) is 0 Å². The molecule has 0 saturated heterocycles. The van der Waals surface area contributed by atoms with Gasteiger partial charge in [-0.05, 0) is 30.5 Å². The molecule has 1 heteroatoms. The number of aromatic nitrogens is 1. The summed E-state index contributed by atoms with van der Waals surface area (Å²) in [4.78, 5) is 4.46. The standard InChI is InChI=1S/C24H37N/c1-2-3-4-5-6-7-8-9-10-11-12-13-14-17-22-20-21-25-24-19-16-15-18-23(22)24/h15-16,18-21H,2-14,17H2,1H3. The van der Waals surface area contributed by atoms with Crippen molar-refractivity contribution in [3.8, 4) is 0 Å². The van der Waals surface area contributed by atoms with Crippen LogP contribution in [0, 0.1) is 0 Å². The number of nitrogens with zero attached hydrogens (tertiary/aromatic N) is 1. The van der Waals surface area contributed by atoms with Crippen molar-refractivity contribution < 1.29 is 0 Å². The van der Waals surface area contributed by atoms with Gasteiger partial charge in [0.2, 0.25) is 0 Å². The minimum absolute atomic E-state index is 1.13. The second-order valence-corrected chi connectivity index (χ2v) is 7.48. The molecule has 0 aliphatic heterocycles. The summed E-state index contributed by atoms with van der Waals surface area (Å²) >= 11 is 0. The van der Waals surface area contributed by atoms with Crippen LogP contribution in [0.25, 0.3) is 10.9 Å². The smallest absolute Gasteiger partial charge is 0.0704 e. The fourth-order valence-corrected chi connectivity index (χ4v) is 3.71. The molecule has 0 spiro atoms. The van der Waals surface area contributed by atoms with E-state index in [0.29, 0.717) is 0 Å². The lowest BCUT2D eigenvalue weighted by atomic mass is 10.0. The summed E-state index contributed by atoms with van der Waals surface area (Å²) in [5, 5.41) is 1.34. The molecule has 0 aliphatic rings. The zero-order valence-electron chi connectivity index (χ0n) is 16.3. The van der Waals surface area contributed by atoms with E-state index in [1.54, 1.807) is 0 Å². The third-order valence-electron chi connectivity index (χ3n) is 5.29. The first-order valence-corrected chi connectivity index (χ1v) is 10.7. The van der Waals surface area contributed by atoms with Crippen LogP contribution in [0.5, 0.6) is 0 Å². The number of aryl methyl sites for hydroxylation is 1. The Morgan fingerprint density at radius 1 is 0.640 bits per heavy atom. The zero-order chi connectivity index (χ0) is 17.6. The summed E-state index contributed by atoms with van der Waals surface area (Å²) in [6.45, 7) is 2.29. The summed E-state index contributed by atoms with van der Waals surface area (Å²) in [6, 6.07) is 10.7. The van der Waals surface area contributed by atoms with Crippen LogP contribution in [0.1, 0.15) is 96.0 Å². The minimum atomic E-state index is 1.13. The van der Waals surface area contributed by atoms with Gasteiger partial charge in [-0.1, -0.05) is 102 Å². The molecule has 0 radical (unpaired) electrons. The van der Waals surface area contributed by atoms with E-state index < -0.39 is 0 Å². The van der Waals surface area contributed by atoms with Gasteiger partial charge in [-0.3, -0.25) is 4.98 Å². The predicted molar refractivity (Wildman–Crippen MR) is 111 cm³/mol. The summed E-state index contributed by atoms with van der Waals surface area (Å²) < 4.78 is 0. The maximum atomic E-state index is 4.46. The van der Waals surface area contributed by atoms with Crippen molar-refractivity contribution in [1.29, 1.82) is 0 Å². The maximum absolute atomic E-state index is 4.46. The molecule has 1 aromatic carbocycles. The highest BCUT2D eigenvalue weighted by Gasteiger charge is 2.01. The molecule has 138 valence electrons. The highest BCUT2D eigenvalue weighted by molar-refractivity contribution is 5.81. The number of benzene rings is 1. The Morgan fingerprint density at radius 3 is 1.84 bits per heavy atom. The van der Waals surface area contributed by atoms with E-state index in [2.05, 4.69) is 42.2 Å². The fraction of sp³-hybridized carbons (Fsp3) is 0.625. The Balaban J connectivity index is 1.46. The predicted octanol–water partition coefficient (Wildman–Crippen LogP) is 7.87. The van der Waals surface area contributed by atoms with Crippen LogP contribution < -0.4 is 0 Å². The van der Waals surface area contributed by atoms with E-state index in [1.165, 1.54) is 101 Å². The van der Waals surface area contributed by atoms with Gasteiger partial charge in [-0.2, -0.15) is 0 Å². The fourth-order valence-electron chi connectivity index (χ4n) is 3.71. The molecular weight excluding hydrogens is 302 g/mol. The number of pyridine rings is 1. The second-order valence-electron chi connectivity index (χ2n) is 7.48. The second kappa shape index (κ2) is 12.9. The van der Waals surface area contributed by atoms with Crippen molar-refractivity contribution in [2.75, 3.05) is 0 Å². The summed E-state index contributed by atoms with van der Waals surface area (Å²) in [7, 11) is 0. The molecular formula is C24H37N. The molecule has 0 fully saturated rings. The van der Waals surface area contributed by atoms with Gasteiger partial charge in [-0.15, -0.1) is 0 Å². The number of para-hydroxylation sites is 1. The highest BCUT2D eigenvalue weighted by Crippen LogP contribution is 2.19. The van der Waals surface area contributed by atoms with Gasteiger partial charge in [0.25, 0.3) is 0 Å². The molecule has 25 heavy (non-hydrogen) atoms. The number of hydrogen-bond acceptors (Lipinski definition) is 1. The Hall–Kier alpha value is -1.37. The summed E-state index contributed by atoms with van der Waals surface area (Å²) in [5.74, 6) is 0. The van der Waals surface area contributed by atoms with Crippen LogP contribution in [-0.2, 0) is 6.42 Å². The van der Waals surface area contributed by atoms with E-state index in [4.69, 9.17) is 0 Å². The summed E-state index contributed by atoms with van der Waals surface area (Å²) in [6.07, 6.45) is 21.6. The number of fused-ring (bicyclic) bond motifs is 1. The van der Waals surface area contributed by atoms with Gasteiger partial charge in [0.1, 0.15) is 0 Å². The number of hydrogen-bond donors (Lipinski definition) is 0. The van der Waals surface area contributed by atoms with Crippen LogP contribution >= 0.6 is 0 Å². The lowest BCUT2D eigenvalue weighted by Crippen LogP contribution is -1.90. The van der Waals surface area contributed by atoms with Gasteiger partial charge in [0.15, 0.2) is 0 Å². The highest BCUT2D eigenvalue weighted by atomic mass is 14.6. The molecule has 1 nitrogen and oxygen atoms in total. The first-order valence-electron chi connectivity index (χ1n) is 10.7. The Kier molecular flexibility index (Phi) is 10.3. The Morgan fingerprint density at radius 2 is 1.20 bits per heavy atom. The quantitative estimate of drug-likeness (QED) is 0.319. The van der Waals surface area contributed by atoms with Crippen LogP contribution in [0.2, 0.25) is 0 Å². The average molecular weight is 340 g/mol. The van der Waals surface area contributed by atoms with Crippen LogP contribution in [0.15, 0.2) is 36.5 Å². The zero-order valence-corrected chi connectivity index (χ0v) is 16.3. The third kappa shape index (κ3) is 8.03. The van der Waals surface area contributed by atoms with E-state index in [1.807, 2.05) is 6.20 Å². The van der Waals surface area contributed by atoms with E-state index >= 15 is 0 Å². The topological polar surface area (TPSA) is 12.9 Å². The van der Waals surface area contributed by atoms with Crippen LogP contribution in [0.3, 0.4) is 0 Å². The number of rotatable bonds is 14. The number of unbranched alkanes of at least 4 members (excludes halogenated alkanes) is 12. The van der Waals surface area contributed by atoms with Gasteiger partial charge in [0, 0.05) is 11.6 Å². The van der Waals surface area contributed by atoms with E-state index in [-0.39, 0.29) is 0 Å². The van der Waals surface area contributed by atoms with Gasteiger partial charge < -0.3 is 0 Å². The Labute approximate surface area is 155 Å². The monoisotopic (exact) mass is 339 g/mol. The molecule has 0 amide bonds. The first-order chi connectivity index (χ1) is 12.4. The van der Waals surface area contributed by atoms with Crippen LogP contribution in [0.4, 0.5) is 0 Å². The lowest BCUT2D eigenvalue weighted by molar-refractivity contribution is 0.539. The molecule has 0 aliphatic carbocycles. The SMILES string of the molecule is CCCCCCCCCCCCCCCc1ccnc2ccccc12. The van der Waals surface area contributed by atoms with Crippen molar-refractivity contribution in [1.82, 2.24) is 4.98 Å². The maximum Gasteiger partial charge on any atom is 0.0704 e. The van der Waals surface area contributed by atoms with E-state index in [0.717, 1.165) is 5.52 Å². The Bertz CT molecular complexity index is 570. The molecule has 0 unspecified atom stereocenters.